The predicted molar refractivity (Wildman–Crippen MR) is 111 cm³/mol. The molecule has 1 aliphatic rings. The van der Waals surface area contributed by atoms with E-state index in [4.69, 9.17) is 11.6 Å². The zero-order chi connectivity index (χ0) is 21.2. The molecule has 0 radical (unpaired) electrons. The summed E-state index contributed by atoms with van der Waals surface area (Å²) in [6, 6.07) is 9.30. The first kappa shape index (κ1) is 21.0. The normalized spacial score (nSPS) is 17.0. The van der Waals surface area contributed by atoms with Crippen molar-refractivity contribution in [2.45, 2.75) is 46.2 Å². The van der Waals surface area contributed by atoms with Crippen LogP contribution in [0.25, 0.3) is 0 Å². The molecule has 1 aliphatic heterocycles. The molecule has 1 aromatic heterocycles. The van der Waals surface area contributed by atoms with Crippen molar-refractivity contribution in [3.05, 3.63) is 59.4 Å². The lowest BCUT2D eigenvalue weighted by molar-refractivity contribution is -0.140. The number of carbonyl (C=O) groups is 3. The fraction of sp³-hybridized carbons (Fsp3) is 0.364. The summed E-state index contributed by atoms with van der Waals surface area (Å²) in [5.41, 5.74) is 1.02. The molecular formula is C22H24ClN3O3. The minimum atomic E-state index is -0.840. The summed E-state index contributed by atoms with van der Waals surface area (Å²) in [6.07, 6.45) is 3.54. The van der Waals surface area contributed by atoms with Crippen LogP contribution in [0.4, 0.5) is 5.69 Å². The molecule has 6 nitrogen and oxygen atoms in total. The lowest BCUT2D eigenvalue weighted by Gasteiger charge is -2.30. The fourth-order valence-corrected chi connectivity index (χ4v) is 3.46. The summed E-state index contributed by atoms with van der Waals surface area (Å²) in [5.74, 6) is -0.893. The second kappa shape index (κ2) is 8.33. The number of rotatable bonds is 5. The van der Waals surface area contributed by atoms with Gasteiger partial charge in [-0.05, 0) is 41.3 Å². The molecule has 0 saturated carbocycles. The number of aromatic nitrogens is 1. The molecule has 3 rings (SSSR count). The Hall–Kier alpha value is -2.73. The summed E-state index contributed by atoms with van der Waals surface area (Å²) in [6.45, 7) is 6.12. The number of hydrogen-bond acceptors (Lipinski definition) is 4. The van der Waals surface area contributed by atoms with Gasteiger partial charge in [-0.25, -0.2) is 4.90 Å². The number of amides is 3. The molecular weight excluding hydrogens is 390 g/mol. The Bertz CT molecular complexity index is 907. The Morgan fingerprint density at radius 1 is 1.21 bits per heavy atom. The number of pyridine rings is 1. The van der Waals surface area contributed by atoms with E-state index in [9.17, 15) is 14.4 Å². The summed E-state index contributed by atoms with van der Waals surface area (Å²) in [4.78, 5) is 45.7. The van der Waals surface area contributed by atoms with Crippen LogP contribution in [0.3, 0.4) is 0 Å². The summed E-state index contributed by atoms with van der Waals surface area (Å²) in [5, 5.41) is 0.517. The van der Waals surface area contributed by atoms with E-state index in [1.165, 1.54) is 4.90 Å². The van der Waals surface area contributed by atoms with Crippen molar-refractivity contribution in [2.24, 2.45) is 5.41 Å². The number of halogens is 1. The minimum absolute atomic E-state index is 0.0440. The van der Waals surface area contributed by atoms with E-state index in [2.05, 4.69) is 4.98 Å². The Morgan fingerprint density at radius 2 is 1.90 bits per heavy atom. The first-order chi connectivity index (χ1) is 13.7. The lowest BCUT2D eigenvalue weighted by atomic mass is 9.91. The van der Waals surface area contributed by atoms with Crippen LogP contribution < -0.4 is 4.90 Å². The molecule has 1 fully saturated rings. The highest BCUT2D eigenvalue weighted by Gasteiger charge is 2.44. The molecule has 3 amide bonds. The Morgan fingerprint density at radius 3 is 2.48 bits per heavy atom. The van der Waals surface area contributed by atoms with Crippen molar-refractivity contribution in [1.82, 2.24) is 9.88 Å². The molecule has 1 aromatic carbocycles. The van der Waals surface area contributed by atoms with Crippen molar-refractivity contribution in [3.8, 4) is 0 Å². The average molecular weight is 414 g/mol. The minimum Gasteiger partial charge on any atom is -0.326 e. The number of hydrogen-bond donors (Lipinski definition) is 0. The van der Waals surface area contributed by atoms with Crippen LogP contribution in [0.5, 0.6) is 0 Å². The van der Waals surface area contributed by atoms with Gasteiger partial charge in [-0.3, -0.25) is 19.4 Å². The van der Waals surface area contributed by atoms with Gasteiger partial charge in [-0.15, -0.1) is 0 Å². The Labute approximate surface area is 175 Å². The molecule has 1 saturated heterocycles. The van der Waals surface area contributed by atoms with E-state index in [0.717, 1.165) is 10.5 Å². The number of imide groups is 1. The number of benzene rings is 1. The fourth-order valence-electron chi connectivity index (χ4n) is 3.34. The first-order valence-electron chi connectivity index (χ1n) is 9.46. The maximum absolute atomic E-state index is 13.2. The number of nitrogens with zero attached hydrogens (tertiary/aromatic N) is 3. The topological polar surface area (TPSA) is 70.6 Å². The third kappa shape index (κ3) is 5.01. The molecule has 2 heterocycles. The molecule has 0 aliphatic carbocycles. The quantitative estimate of drug-likeness (QED) is 0.698. The van der Waals surface area contributed by atoms with E-state index in [1.54, 1.807) is 42.7 Å². The van der Waals surface area contributed by atoms with Gasteiger partial charge in [0, 0.05) is 30.4 Å². The van der Waals surface area contributed by atoms with Crippen LogP contribution in [-0.4, -0.2) is 33.6 Å². The van der Waals surface area contributed by atoms with Gasteiger partial charge in [0.25, 0.3) is 5.91 Å². The predicted octanol–water partition coefficient (Wildman–Crippen LogP) is 3.83. The van der Waals surface area contributed by atoms with Crippen LogP contribution in [0.2, 0.25) is 5.02 Å². The average Bonchev–Trinajstić information content (AvgIpc) is 2.94. The maximum atomic E-state index is 13.2. The molecule has 2 aromatic rings. The van der Waals surface area contributed by atoms with Gasteiger partial charge in [0.05, 0.1) is 12.1 Å². The lowest BCUT2D eigenvalue weighted by Crippen LogP contribution is -2.46. The molecule has 0 bridgehead atoms. The highest BCUT2D eigenvalue weighted by atomic mass is 35.5. The number of carbonyl (C=O) groups excluding carboxylic acids is 3. The highest BCUT2D eigenvalue weighted by Crippen LogP contribution is 2.29. The van der Waals surface area contributed by atoms with E-state index >= 15 is 0 Å². The van der Waals surface area contributed by atoms with Crippen LogP contribution >= 0.6 is 11.6 Å². The van der Waals surface area contributed by atoms with E-state index < -0.39 is 11.9 Å². The van der Waals surface area contributed by atoms with Gasteiger partial charge in [0.15, 0.2) is 0 Å². The van der Waals surface area contributed by atoms with Gasteiger partial charge in [-0.2, -0.15) is 0 Å². The molecule has 1 unspecified atom stereocenters. The third-order valence-corrected chi connectivity index (χ3v) is 4.91. The molecule has 1 atom stereocenters. The standard InChI is InChI=1S/C22H24ClN3O3/c1-22(2,3)12-20(28)25(14-15-5-4-10-24-13-15)18-11-19(27)26(21(18)29)17-8-6-16(23)7-9-17/h4-10,13,18H,11-12,14H2,1-3H3. The largest absolute Gasteiger partial charge is 0.326 e. The van der Waals surface area contributed by atoms with Crippen LogP contribution in [0.1, 0.15) is 39.2 Å². The van der Waals surface area contributed by atoms with E-state index in [1.807, 2.05) is 26.8 Å². The Kier molecular flexibility index (Phi) is 6.03. The SMILES string of the molecule is CC(C)(C)CC(=O)N(Cc1cccnc1)C1CC(=O)N(c2ccc(Cl)cc2)C1=O. The second-order valence-electron chi connectivity index (χ2n) is 8.38. The molecule has 29 heavy (non-hydrogen) atoms. The van der Waals surface area contributed by atoms with Crippen LogP contribution in [-0.2, 0) is 20.9 Å². The van der Waals surface area contributed by atoms with Gasteiger partial charge in [0.2, 0.25) is 11.8 Å². The number of anilines is 1. The summed E-state index contributed by atoms with van der Waals surface area (Å²) >= 11 is 5.92. The van der Waals surface area contributed by atoms with Crippen molar-refractivity contribution < 1.29 is 14.4 Å². The monoisotopic (exact) mass is 413 g/mol. The highest BCUT2D eigenvalue weighted by molar-refractivity contribution is 6.30. The van der Waals surface area contributed by atoms with Crippen molar-refractivity contribution in [2.75, 3.05) is 4.90 Å². The van der Waals surface area contributed by atoms with Crippen molar-refractivity contribution in [3.63, 3.8) is 0 Å². The van der Waals surface area contributed by atoms with E-state index in [-0.39, 0.29) is 36.6 Å². The van der Waals surface area contributed by atoms with Crippen LogP contribution in [0, 0.1) is 5.41 Å². The Balaban J connectivity index is 1.90. The molecule has 0 spiro atoms. The van der Waals surface area contributed by atoms with Gasteiger partial charge < -0.3 is 4.90 Å². The van der Waals surface area contributed by atoms with Gasteiger partial charge in [-0.1, -0.05) is 38.4 Å². The second-order valence-corrected chi connectivity index (χ2v) is 8.82. The molecule has 152 valence electrons. The zero-order valence-corrected chi connectivity index (χ0v) is 17.5. The smallest absolute Gasteiger partial charge is 0.257 e. The molecule has 0 N–H and O–H groups in total. The molecule has 7 heteroatoms. The van der Waals surface area contributed by atoms with Gasteiger partial charge in [0.1, 0.15) is 6.04 Å². The summed E-state index contributed by atoms with van der Waals surface area (Å²) < 4.78 is 0. The van der Waals surface area contributed by atoms with E-state index in [0.29, 0.717) is 10.7 Å². The first-order valence-corrected chi connectivity index (χ1v) is 9.84. The van der Waals surface area contributed by atoms with Gasteiger partial charge >= 0.3 is 0 Å². The summed E-state index contributed by atoms with van der Waals surface area (Å²) in [7, 11) is 0. The van der Waals surface area contributed by atoms with Crippen molar-refractivity contribution in [1.29, 1.82) is 0 Å². The maximum Gasteiger partial charge on any atom is 0.257 e. The zero-order valence-electron chi connectivity index (χ0n) is 16.8. The van der Waals surface area contributed by atoms with Crippen LogP contribution in [0.15, 0.2) is 48.8 Å². The van der Waals surface area contributed by atoms with Crippen molar-refractivity contribution >= 4 is 35.0 Å². The third-order valence-electron chi connectivity index (χ3n) is 4.66.